The summed E-state index contributed by atoms with van der Waals surface area (Å²) in [6.07, 6.45) is 7.07. The number of carbonyl (C=O) groups excluding carboxylic acids is 1. The summed E-state index contributed by atoms with van der Waals surface area (Å²) in [6.45, 7) is 2.61. The summed E-state index contributed by atoms with van der Waals surface area (Å²) in [5.41, 5.74) is 9.27. The van der Waals surface area contributed by atoms with Crippen molar-refractivity contribution in [3.8, 4) is 0 Å². The number of hydrogen-bond acceptors (Lipinski definition) is 5. The molecular formula is C19H25Cl2N5O. The lowest BCUT2D eigenvalue weighted by molar-refractivity contribution is 0.0980. The first-order chi connectivity index (χ1) is 12.2. The van der Waals surface area contributed by atoms with Gasteiger partial charge in [0.25, 0.3) is 5.91 Å². The molecule has 2 N–H and O–H groups in total. The van der Waals surface area contributed by atoms with Crippen molar-refractivity contribution < 1.29 is 4.79 Å². The molecule has 146 valence electrons. The fourth-order valence-corrected chi connectivity index (χ4v) is 3.71. The van der Waals surface area contributed by atoms with Gasteiger partial charge in [-0.05, 0) is 55.9 Å². The largest absolute Gasteiger partial charge is 0.398 e. The van der Waals surface area contributed by atoms with Crippen LogP contribution in [0.5, 0.6) is 0 Å². The molecule has 2 aliphatic rings. The lowest BCUT2D eigenvalue weighted by Crippen LogP contribution is -2.37. The maximum Gasteiger partial charge on any atom is 0.277 e. The molecule has 0 radical (unpaired) electrons. The SMILES string of the molecule is Cl.Cl.Nc1cccc2c1CCCN2C(=O)c1ccnc(N2CCCCC2)n1. The number of carbonyl (C=O) groups is 1. The topological polar surface area (TPSA) is 75.3 Å². The first-order valence-corrected chi connectivity index (χ1v) is 9.01. The van der Waals surface area contributed by atoms with E-state index in [1.54, 1.807) is 17.2 Å². The molecule has 2 aliphatic heterocycles. The molecule has 3 heterocycles. The molecule has 0 atom stereocenters. The van der Waals surface area contributed by atoms with Crippen molar-refractivity contribution in [1.82, 2.24) is 9.97 Å². The van der Waals surface area contributed by atoms with Crippen molar-refractivity contribution >= 4 is 48.0 Å². The number of hydrogen-bond donors (Lipinski definition) is 1. The number of anilines is 3. The summed E-state index contributed by atoms with van der Waals surface area (Å²) in [5.74, 6) is 0.586. The van der Waals surface area contributed by atoms with Crippen LogP contribution in [0.25, 0.3) is 0 Å². The van der Waals surface area contributed by atoms with Gasteiger partial charge in [0.2, 0.25) is 5.95 Å². The number of rotatable bonds is 2. The van der Waals surface area contributed by atoms with Crippen LogP contribution >= 0.6 is 24.8 Å². The molecule has 1 amide bonds. The molecule has 1 aromatic heterocycles. The number of nitrogens with two attached hydrogens (primary N) is 1. The highest BCUT2D eigenvalue weighted by Crippen LogP contribution is 2.32. The average molecular weight is 410 g/mol. The van der Waals surface area contributed by atoms with Crippen molar-refractivity contribution in [2.75, 3.05) is 35.2 Å². The van der Waals surface area contributed by atoms with Crippen LogP contribution in [0.1, 0.15) is 41.7 Å². The minimum Gasteiger partial charge on any atom is -0.398 e. The van der Waals surface area contributed by atoms with E-state index >= 15 is 0 Å². The minimum atomic E-state index is -0.0767. The molecule has 0 bridgehead atoms. The summed E-state index contributed by atoms with van der Waals surface area (Å²) in [6, 6.07) is 7.47. The summed E-state index contributed by atoms with van der Waals surface area (Å²) in [4.78, 5) is 26.0. The van der Waals surface area contributed by atoms with E-state index in [9.17, 15) is 4.79 Å². The number of benzene rings is 1. The van der Waals surface area contributed by atoms with E-state index in [1.165, 1.54) is 6.42 Å². The molecule has 1 saturated heterocycles. The summed E-state index contributed by atoms with van der Waals surface area (Å²) >= 11 is 0. The zero-order chi connectivity index (χ0) is 17.2. The van der Waals surface area contributed by atoms with E-state index in [0.29, 0.717) is 18.2 Å². The van der Waals surface area contributed by atoms with Crippen LogP contribution in [0, 0.1) is 0 Å². The van der Waals surface area contributed by atoms with E-state index in [4.69, 9.17) is 5.73 Å². The fraction of sp³-hybridized carbons (Fsp3) is 0.421. The highest BCUT2D eigenvalue weighted by atomic mass is 35.5. The van der Waals surface area contributed by atoms with Gasteiger partial charge in [0.1, 0.15) is 5.69 Å². The lowest BCUT2D eigenvalue weighted by Gasteiger charge is -2.30. The molecule has 1 fully saturated rings. The maximum atomic E-state index is 13.1. The van der Waals surface area contributed by atoms with Gasteiger partial charge in [-0.1, -0.05) is 6.07 Å². The molecule has 2 aromatic rings. The number of nitrogen functional groups attached to an aromatic ring is 1. The monoisotopic (exact) mass is 409 g/mol. The quantitative estimate of drug-likeness (QED) is 0.768. The standard InChI is InChI=1S/C19H23N5O.2ClH/c20-15-7-4-8-17-14(15)6-5-13-24(17)18(25)16-9-10-21-19(22-16)23-11-2-1-3-12-23;;/h4,7-10H,1-3,5-6,11-13,20H2;2*1H. The van der Waals surface area contributed by atoms with Crippen LogP contribution < -0.4 is 15.5 Å². The van der Waals surface area contributed by atoms with E-state index in [2.05, 4.69) is 14.9 Å². The Morgan fingerprint density at radius 3 is 2.56 bits per heavy atom. The number of amides is 1. The molecule has 0 unspecified atom stereocenters. The van der Waals surface area contributed by atoms with Gasteiger partial charge in [0, 0.05) is 37.2 Å². The van der Waals surface area contributed by atoms with Crippen molar-refractivity contribution in [2.24, 2.45) is 0 Å². The van der Waals surface area contributed by atoms with Gasteiger partial charge in [-0.2, -0.15) is 0 Å². The van der Waals surface area contributed by atoms with E-state index in [-0.39, 0.29) is 30.7 Å². The zero-order valence-corrected chi connectivity index (χ0v) is 16.8. The van der Waals surface area contributed by atoms with Crippen molar-refractivity contribution in [3.63, 3.8) is 0 Å². The second kappa shape index (κ2) is 9.24. The number of aromatic nitrogens is 2. The Bertz CT molecular complexity index is 795. The second-order valence-electron chi connectivity index (χ2n) is 6.69. The predicted molar refractivity (Wildman–Crippen MR) is 113 cm³/mol. The molecule has 27 heavy (non-hydrogen) atoms. The zero-order valence-electron chi connectivity index (χ0n) is 15.1. The summed E-state index contributed by atoms with van der Waals surface area (Å²) in [5, 5.41) is 0. The molecular weight excluding hydrogens is 385 g/mol. The maximum absolute atomic E-state index is 13.1. The van der Waals surface area contributed by atoms with Crippen LogP contribution in [0.4, 0.5) is 17.3 Å². The van der Waals surface area contributed by atoms with Gasteiger partial charge >= 0.3 is 0 Å². The fourth-order valence-electron chi connectivity index (χ4n) is 3.71. The number of halogens is 2. The van der Waals surface area contributed by atoms with E-state index < -0.39 is 0 Å². The molecule has 6 nitrogen and oxygen atoms in total. The highest BCUT2D eigenvalue weighted by molar-refractivity contribution is 6.06. The first-order valence-electron chi connectivity index (χ1n) is 9.01. The third-order valence-corrected chi connectivity index (χ3v) is 5.03. The van der Waals surface area contributed by atoms with Crippen molar-refractivity contribution in [1.29, 1.82) is 0 Å². The Morgan fingerprint density at radius 2 is 1.78 bits per heavy atom. The molecule has 4 rings (SSSR count). The lowest BCUT2D eigenvalue weighted by atomic mass is 9.99. The number of nitrogens with zero attached hydrogens (tertiary/aromatic N) is 4. The Balaban J connectivity index is 0.00000131. The normalized spacial score (nSPS) is 16.0. The molecule has 0 saturated carbocycles. The molecule has 0 spiro atoms. The van der Waals surface area contributed by atoms with Gasteiger partial charge < -0.3 is 15.5 Å². The third kappa shape index (κ3) is 4.28. The molecule has 8 heteroatoms. The second-order valence-corrected chi connectivity index (χ2v) is 6.69. The molecule has 0 aliphatic carbocycles. The van der Waals surface area contributed by atoms with Crippen LogP contribution in [0.3, 0.4) is 0 Å². The Labute approximate surface area is 172 Å². The Morgan fingerprint density at radius 1 is 1.00 bits per heavy atom. The Kier molecular flexibility index (Phi) is 7.27. The van der Waals surface area contributed by atoms with Crippen LogP contribution in [-0.2, 0) is 6.42 Å². The average Bonchev–Trinajstić information content (AvgIpc) is 2.68. The van der Waals surface area contributed by atoms with E-state index in [1.807, 2.05) is 18.2 Å². The smallest absolute Gasteiger partial charge is 0.277 e. The number of piperidine rings is 1. The number of fused-ring (bicyclic) bond motifs is 1. The van der Waals surface area contributed by atoms with Gasteiger partial charge in [-0.15, -0.1) is 24.8 Å². The van der Waals surface area contributed by atoms with Gasteiger partial charge in [0.05, 0.1) is 0 Å². The first kappa shape index (κ1) is 21.3. The highest BCUT2D eigenvalue weighted by Gasteiger charge is 2.26. The minimum absolute atomic E-state index is 0. The predicted octanol–water partition coefficient (Wildman–Crippen LogP) is 3.49. The summed E-state index contributed by atoms with van der Waals surface area (Å²) in [7, 11) is 0. The van der Waals surface area contributed by atoms with Gasteiger partial charge in [0.15, 0.2) is 0 Å². The van der Waals surface area contributed by atoms with Gasteiger partial charge in [-0.3, -0.25) is 4.79 Å². The van der Waals surface area contributed by atoms with Crippen LogP contribution in [0.15, 0.2) is 30.5 Å². The van der Waals surface area contributed by atoms with E-state index in [0.717, 1.165) is 55.7 Å². The van der Waals surface area contributed by atoms with Crippen molar-refractivity contribution in [3.05, 3.63) is 41.7 Å². The third-order valence-electron chi connectivity index (χ3n) is 5.03. The van der Waals surface area contributed by atoms with Crippen molar-refractivity contribution in [2.45, 2.75) is 32.1 Å². The molecule has 1 aromatic carbocycles. The summed E-state index contributed by atoms with van der Waals surface area (Å²) < 4.78 is 0. The van der Waals surface area contributed by atoms with Gasteiger partial charge in [-0.25, -0.2) is 9.97 Å². The van der Waals surface area contributed by atoms with Crippen LogP contribution in [-0.4, -0.2) is 35.5 Å². The Hall–Kier alpha value is -2.05. The van der Waals surface area contributed by atoms with Crippen LogP contribution in [0.2, 0.25) is 0 Å².